The highest BCUT2D eigenvalue weighted by molar-refractivity contribution is 4.88. The number of hydrogen-bond donors (Lipinski definition) is 1. The van der Waals surface area contributed by atoms with Crippen LogP contribution in [0.3, 0.4) is 0 Å². The summed E-state index contributed by atoms with van der Waals surface area (Å²) in [5, 5.41) is 13.9. The fourth-order valence-corrected chi connectivity index (χ4v) is 1.54. The summed E-state index contributed by atoms with van der Waals surface area (Å²) in [5.74, 6) is 0.778. The van der Waals surface area contributed by atoms with E-state index in [1.165, 1.54) is 6.33 Å². The van der Waals surface area contributed by atoms with Gasteiger partial charge in [0.1, 0.15) is 12.2 Å². The molecule has 0 aliphatic rings. The molecule has 1 rings (SSSR count). The third-order valence-corrected chi connectivity index (χ3v) is 2.41. The summed E-state index contributed by atoms with van der Waals surface area (Å²) in [4.78, 5) is 4.07. The number of hydrogen-bond acceptors (Lipinski definition) is 4. The summed E-state index contributed by atoms with van der Waals surface area (Å²) >= 11 is 0. The van der Waals surface area contributed by atoms with Crippen LogP contribution in [0.1, 0.15) is 26.1 Å². The molecule has 0 spiro atoms. The third kappa shape index (κ3) is 3.28. The van der Waals surface area contributed by atoms with Gasteiger partial charge in [0.2, 0.25) is 0 Å². The maximum Gasteiger partial charge on any atom is 0.138 e. The first-order chi connectivity index (χ1) is 7.19. The molecule has 5 nitrogen and oxygen atoms in total. The highest BCUT2D eigenvalue weighted by Gasteiger charge is 2.19. The predicted molar refractivity (Wildman–Crippen MR) is 56.4 cm³/mol. The van der Waals surface area contributed by atoms with E-state index in [9.17, 15) is 5.11 Å². The molecule has 0 bridgehead atoms. The second kappa shape index (κ2) is 5.82. The van der Waals surface area contributed by atoms with Crippen LogP contribution < -0.4 is 0 Å². The summed E-state index contributed by atoms with van der Waals surface area (Å²) in [6.45, 7) is 4.55. The molecule has 0 saturated carbocycles. The summed E-state index contributed by atoms with van der Waals surface area (Å²) in [6, 6.07) is 0. The molecule has 1 aromatic heterocycles. The zero-order chi connectivity index (χ0) is 11.3. The van der Waals surface area contributed by atoms with Crippen LogP contribution in [-0.2, 0) is 18.2 Å². The summed E-state index contributed by atoms with van der Waals surface area (Å²) < 4.78 is 7.10. The van der Waals surface area contributed by atoms with Crippen molar-refractivity contribution in [2.75, 3.05) is 6.61 Å². The van der Waals surface area contributed by atoms with E-state index in [4.69, 9.17) is 4.74 Å². The van der Waals surface area contributed by atoms with E-state index in [-0.39, 0.29) is 6.10 Å². The van der Waals surface area contributed by atoms with Gasteiger partial charge in [0, 0.05) is 20.1 Å². The van der Waals surface area contributed by atoms with Crippen LogP contribution in [0.5, 0.6) is 0 Å². The van der Waals surface area contributed by atoms with Gasteiger partial charge in [-0.05, 0) is 13.3 Å². The van der Waals surface area contributed by atoms with Crippen LogP contribution >= 0.6 is 0 Å². The Morgan fingerprint density at radius 2 is 2.27 bits per heavy atom. The highest BCUT2D eigenvalue weighted by Crippen LogP contribution is 2.09. The normalized spacial score (nSPS) is 15.2. The fourth-order valence-electron chi connectivity index (χ4n) is 1.54. The first kappa shape index (κ1) is 12.1. The van der Waals surface area contributed by atoms with Crippen LogP contribution in [0, 0.1) is 0 Å². The number of aromatic nitrogens is 3. The van der Waals surface area contributed by atoms with Crippen molar-refractivity contribution in [3.05, 3.63) is 12.2 Å². The fraction of sp³-hybridized carbons (Fsp3) is 0.800. The van der Waals surface area contributed by atoms with Crippen molar-refractivity contribution in [2.45, 2.75) is 38.9 Å². The third-order valence-electron chi connectivity index (χ3n) is 2.41. The zero-order valence-corrected chi connectivity index (χ0v) is 9.55. The van der Waals surface area contributed by atoms with E-state index in [2.05, 4.69) is 10.1 Å². The molecule has 0 aliphatic carbocycles. The molecule has 0 saturated heterocycles. The van der Waals surface area contributed by atoms with E-state index in [0.29, 0.717) is 13.0 Å². The van der Waals surface area contributed by atoms with Crippen LogP contribution in [0.4, 0.5) is 0 Å². The molecule has 0 amide bonds. The second-order valence-corrected chi connectivity index (χ2v) is 3.47. The van der Waals surface area contributed by atoms with E-state index in [0.717, 1.165) is 12.2 Å². The molecule has 15 heavy (non-hydrogen) atoms. The minimum absolute atomic E-state index is 0.119. The largest absolute Gasteiger partial charge is 0.390 e. The lowest BCUT2D eigenvalue weighted by Crippen LogP contribution is -2.31. The van der Waals surface area contributed by atoms with Crippen LogP contribution in [0.15, 0.2) is 6.33 Å². The quantitative estimate of drug-likeness (QED) is 0.749. The minimum atomic E-state index is -0.516. The number of nitrogens with zero attached hydrogens (tertiary/aromatic N) is 3. The Labute approximate surface area is 90.1 Å². The Morgan fingerprint density at radius 3 is 2.73 bits per heavy atom. The Kier molecular flexibility index (Phi) is 4.71. The van der Waals surface area contributed by atoms with Gasteiger partial charge in [0.25, 0.3) is 0 Å². The molecule has 0 aromatic carbocycles. The van der Waals surface area contributed by atoms with E-state index in [1.807, 2.05) is 20.9 Å². The molecular weight excluding hydrogens is 194 g/mol. The lowest BCUT2D eigenvalue weighted by molar-refractivity contribution is -0.0345. The van der Waals surface area contributed by atoms with Crippen LogP contribution in [0.2, 0.25) is 0 Å². The van der Waals surface area contributed by atoms with Crippen molar-refractivity contribution in [3.63, 3.8) is 0 Å². The molecule has 2 atom stereocenters. The number of ether oxygens (including phenoxy) is 1. The smallest absolute Gasteiger partial charge is 0.138 e. The molecule has 1 aromatic rings. The molecule has 0 aliphatic heterocycles. The Bertz CT molecular complexity index is 288. The van der Waals surface area contributed by atoms with Gasteiger partial charge in [-0.15, -0.1) is 0 Å². The number of aliphatic hydroxyl groups is 1. The molecule has 5 heteroatoms. The first-order valence-electron chi connectivity index (χ1n) is 5.31. The maximum atomic E-state index is 9.93. The average molecular weight is 213 g/mol. The van der Waals surface area contributed by atoms with E-state index < -0.39 is 6.10 Å². The molecular formula is C10H19N3O2. The zero-order valence-electron chi connectivity index (χ0n) is 9.55. The molecule has 0 fully saturated rings. The predicted octanol–water partition coefficient (Wildman–Crippen LogP) is 0.534. The van der Waals surface area contributed by atoms with Crippen LogP contribution in [0.25, 0.3) is 0 Å². The Morgan fingerprint density at radius 1 is 1.53 bits per heavy atom. The van der Waals surface area contributed by atoms with Crippen molar-refractivity contribution < 1.29 is 9.84 Å². The summed E-state index contributed by atoms with van der Waals surface area (Å²) in [7, 11) is 1.82. The maximum absolute atomic E-state index is 9.93. The topological polar surface area (TPSA) is 60.2 Å². The SMILES string of the molecule is CCOC(CC)C(O)Cc1ncnn1C. The molecule has 86 valence electrons. The lowest BCUT2D eigenvalue weighted by atomic mass is 10.1. The Hall–Kier alpha value is -0.940. The standard InChI is InChI=1S/C10H19N3O2/c1-4-9(15-5-2)8(14)6-10-11-7-12-13(10)3/h7-9,14H,4-6H2,1-3H3. The molecule has 2 unspecified atom stereocenters. The van der Waals surface area contributed by atoms with Crippen molar-refractivity contribution in [1.82, 2.24) is 14.8 Å². The van der Waals surface area contributed by atoms with Crippen molar-refractivity contribution >= 4 is 0 Å². The van der Waals surface area contributed by atoms with Gasteiger partial charge in [0.15, 0.2) is 0 Å². The highest BCUT2D eigenvalue weighted by atomic mass is 16.5. The van der Waals surface area contributed by atoms with E-state index in [1.54, 1.807) is 4.68 Å². The van der Waals surface area contributed by atoms with Gasteiger partial charge in [-0.1, -0.05) is 6.92 Å². The number of aliphatic hydroxyl groups excluding tert-OH is 1. The minimum Gasteiger partial charge on any atom is -0.390 e. The van der Waals surface area contributed by atoms with Crippen molar-refractivity contribution in [2.24, 2.45) is 7.05 Å². The molecule has 1 N–H and O–H groups in total. The van der Waals surface area contributed by atoms with Gasteiger partial charge in [-0.3, -0.25) is 4.68 Å². The van der Waals surface area contributed by atoms with Gasteiger partial charge in [-0.2, -0.15) is 5.10 Å². The first-order valence-corrected chi connectivity index (χ1v) is 5.31. The van der Waals surface area contributed by atoms with Crippen molar-refractivity contribution in [3.8, 4) is 0 Å². The van der Waals surface area contributed by atoms with E-state index >= 15 is 0 Å². The lowest BCUT2D eigenvalue weighted by Gasteiger charge is -2.20. The summed E-state index contributed by atoms with van der Waals surface area (Å²) in [5.41, 5.74) is 0. The molecule has 1 heterocycles. The molecule has 0 radical (unpaired) electrons. The van der Waals surface area contributed by atoms with Crippen molar-refractivity contribution in [1.29, 1.82) is 0 Å². The van der Waals surface area contributed by atoms with Gasteiger partial charge >= 0.3 is 0 Å². The number of rotatable bonds is 6. The van der Waals surface area contributed by atoms with Gasteiger partial charge in [-0.25, -0.2) is 4.98 Å². The number of aryl methyl sites for hydroxylation is 1. The van der Waals surface area contributed by atoms with Gasteiger partial charge < -0.3 is 9.84 Å². The van der Waals surface area contributed by atoms with Crippen LogP contribution in [-0.4, -0.2) is 38.7 Å². The Balaban J connectivity index is 2.53. The second-order valence-electron chi connectivity index (χ2n) is 3.47. The van der Waals surface area contributed by atoms with Gasteiger partial charge in [0.05, 0.1) is 12.2 Å². The monoisotopic (exact) mass is 213 g/mol. The average Bonchev–Trinajstić information content (AvgIpc) is 2.60. The summed E-state index contributed by atoms with van der Waals surface area (Å²) in [6.07, 6.45) is 2.13.